The molecule has 4 nitrogen and oxygen atoms in total. The van der Waals surface area contributed by atoms with E-state index in [1.165, 1.54) is 12.1 Å². The molecular formula is C15H20ClFN2O2. The van der Waals surface area contributed by atoms with Crippen molar-refractivity contribution in [3.05, 3.63) is 34.6 Å². The van der Waals surface area contributed by atoms with Gasteiger partial charge < -0.3 is 15.3 Å². The topological polar surface area (TPSA) is 52.6 Å². The van der Waals surface area contributed by atoms with Gasteiger partial charge in [-0.15, -0.1) is 0 Å². The van der Waals surface area contributed by atoms with E-state index in [-0.39, 0.29) is 16.7 Å². The minimum atomic E-state index is -0.606. The Kier molecular flexibility index (Phi) is 5.96. The Morgan fingerprint density at radius 3 is 2.81 bits per heavy atom. The molecule has 0 radical (unpaired) electrons. The first kappa shape index (κ1) is 16.2. The van der Waals surface area contributed by atoms with Crippen LogP contribution in [-0.4, -0.2) is 48.2 Å². The molecule has 1 aliphatic heterocycles. The first-order valence-corrected chi connectivity index (χ1v) is 7.58. The Bertz CT molecular complexity index is 491. The summed E-state index contributed by atoms with van der Waals surface area (Å²) < 4.78 is 13.6. The lowest BCUT2D eigenvalue weighted by Crippen LogP contribution is -2.37. The number of nitrogens with zero attached hydrogens (tertiary/aromatic N) is 1. The van der Waals surface area contributed by atoms with Crippen LogP contribution in [0.25, 0.3) is 0 Å². The van der Waals surface area contributed by atoms with Crippen LogP contribution in [0.5, 0.6) is 0 Å². The highest BCUT2D eigenvalue weighted by atomic mass is 35.5. The number of hydrogen-bond acceptors (Lipinski definition) is 3. The Morgan fingerprint density at radius 2 is 2.14 bits per heavy atom. The number of aliphatic hydroxyl groups excluding tert-OH is 1. The second kappa shape index (κ2) is 7.73. The van der Waals surface area contributed by atoms with E-state index in [0.29, 0.717) is 6.54 Å². The lowest BCUT2D eigenvalue weighted by atomic mass is 10.1. The molecule has 2 rings (SSSR count). The molecule has 1 aliphatic rings. The van der Waals surface area contributed by atoms with Crippen molar-refractivity contribution >= 4 is 17.5 Å². The number of benzene rings is 1. The van der Waals surface area contributed by atoms with Crippen LogP contribution in [0.2, 0.25) is 5.02 Å². The van der Waals surface area contributed by atoms with Gasteiger partial charge in [-0.1, -0.05) is 11.6 Å². The summed E-state index contributed by atoms with van der Waals surface area (Å²) in [5.74, 6) is -1.02. The predicted molar refractivity (Wildman–Crippen MR) is 80.0 cm³/mol. The summed E-state index contributed by atoms with van der Waals surface area (Å²) in [5, 5.41) is 12.4. The molecule has 2 N–H and O–H groups in total. The number of likely N-dealkylation sites (tertiary alicyclic amines) is 1. The number of rotatable bonds is 5. The van der Waals surface area contributed by atoms with Crippen molar-refractivity contribution in [1.82, 2.24) is 10.2 Å². The van der Waals surface area contributed by atoms with Crippen LogP contribution in [0.1, 0.15) is 29.6 Å². The third-order valence-electron chi connectivity index (χ3n) is 3.67. The zero-order valence-corrected chi connectivity index (χ0v) is 12.6. The highest BCUT2D eigenvalue weighted by Crippen LogP contribution is 2.14. The van der Waals surface area contributed by atoms with Gasteiger partial charge in [0.1, 0.15) is 5.82 Å². The quantitative estimate of drug-likeness (QED) is 0.818. The Balaban J connectivity index is 1.69. The van der Waals surface area contributed by atoms with Gasteiger partial charge in [0.05, 0.1) is 11.7 Å². The Hall–Kier alpha value is -1.17. The molecule has 0 unspecified atom stereocenters. The molecule has 116 valence electrons. The zero-order valence-electron chi connectivity index (χ0n) is 11.8. The molecule has 0 aliphatic carbocycles. The maximum atomic E-state index is 13.6. The van der Waals surface area contributed by atoms with Gasteiger partial charge in [-0.05, 0) is 44.0 Å². The fraction of sp³-hybridized carbons (Fsp3) is 0.533. The van der Waals surface area contributed by atoms with Gasteiger partial charge >= 0.3 is 0 Å². The number of nitrogens with one attached hydrogen (secondary N) is 1. The van der Waals surface area contributed by atoms with Gasteiger partial charge in [0.2, 0.25) is 0 Å². The van der Waals surface area contributed by atoms with E-state index in [1.54, 1.807) is 0 Å². The van der Waals surface area contributed by atoms with Crippen LogP contribution in [0.4, 0.5) is 4.39 Å². The van der Waals surface area contributed by atoms with Crippen molar-refractivity contribution < 1.29 is 14.3 Å². The molecule has 6 heteroatoms. The van der Waals surface area contributed by atoms with Crippen molar-refractivity contribution in [3.63, 3.8) is 0 Å². The van der Waals surface area contributed by atoms with Crippen molar-refractivity contribution in [1.29, 1.82) is 0 Å². The van der Waals surface area contributed by atoms with E-state index in [1.807, 2.05) is 0 Å². The molecule has 0 aromatic heterocycles. The third kappa shape index (κ3) is 4.95. The van der Waals surface area contributed by atoms with Crippen LogP contribution < -0.4 is 5.32 Å². The van der Waals surface area contributed by atoms with E-state index in [9.17, 15) is 14.3 Å². The van der Waals surface area contributed by atoms with Crippen LogP contribution in [0, 0.1) is 5.82 Å². The summed E-state index contributed by atoms with van der Waals surface area (Å²) in [7, 11) is 0. The molecule has 1 saturated heterocycles. The average molecular weight is 315 g/mol. The molecular weight excluding hydrogens is 295 g/mol. The van der Waals surface area contributed by atoms with Crippen LogP contribution in [0.3, 0.4) is 0 Å². The summed E-state index contributed by atoms with van der Waals surface area (Å²) >= 11 is 5.65. The monoisotopic (exact) mass is 314 g/mol. The number of hydrogen-bond donors (Lipinski definition) is 2. The third-order valence-corrected chi connectivity index (χ3v) is 3.90. The van der Waals surface area contributed by atoms with Gasteiger partial charge in [-0.25, -0.2) is 4.39 Å². The van der Waals surface area contributed by atoms with E-state index < -0.39 is 11.7 Å². The highest BCUT2D eigenvalue weighted by Gasteiger charge is 2.16. The first-order valence-electron chi connectivity index (χ1n) is 7.20. The van der Waals surface area contributed by atoms with Crippen molar-refractivity contribution in [3.8, 4) is 0 Å². The van der Waals surface area contributed by atoms with E-state index in [2.05, 4.69) is 10.2 Å². The van der Waals surface area contributed by atoms with E-state index >= 15 is 0 Å². The lowest BCUT2D eigenvalue weighted by molar-refractivity contribution is 0.0816. The van der Waals surface area contributed by atoms with Gasteiger partial charge in [0, 0.05) is 24.7 Å². The number of halogens is 2. The van der Waals surface area contributed by atoms with Crippen LogP contribution in [-0.2, 0) is 0 Å². The molecule has 1 fully saturated rings. The van der Waals surface area contributed by atoms with Gasteiger partial charge in [-0.2, -0.15) is 0 Å². The SMILES string of the molecule is O=C(NCCCN1CCC(O)CC1)c1ccc(Cl)cc1F. The van der Waals surface area contributed by atoms with Gasteiger partial charge in [0.15, 0.2) is 0 Å². The summed E-state index contributed by atoms with van der Waals surface area (Å²) in [4.78, 5) is 14.1. The maximum Gasteiger partial charge on any atom is 0.254 e. The molecule has 1 heterocycles. The summed E-state index contributed by atoms with van der Waals surface area (Å²) in [6.45, 7) is 3.15. The predicted octanol–water partition coefficient (Wildman–Crippen LogP) is 2.06. The smallest absolute Gasteiger partial charge is 0.254 e. The van der Waals surface area contributed by atoms with Crippen LogP contribution in [0.15, 0.2) is 18.2 Å². The van der Waals surface area contributed by atoms with E-state index in [4.69, 9.17) is 11.6 Å². The second-order valence-electron chi connectivity index (χ2n) is 5.31. The minimum absolute atomic E-state index is 0.0143. The molecule has 0 saturated carbocycles. The maximum absolute atomic E-state index is 13.6. The Labute approximate surface area is 128 Å². The minimum Gasteiger partial charge on any atom is -0.393 e. The fourth-order valence-corrected chi connectivity index (χ4v) is 2.58. The number of carbonyl (C=O) groups excluding carboxylic acids is 1. The van der Waals surface area contributed by atoms with Crippen molar-refractivity contribution in [2.75, 3.05) is 26.2 Å². The summed E-state index contributed by atoms with van der Waals surface area (Å²) in [6.07, 6.45) is 2.25. The molecule has 0 spiro atoms. The molecule has 21 heavy (non-hydrogen) atoms. The van der Waals surface area contributed by atoms with Crippen molar-refractivity contribution in [2.24, 2.45) is 0 Å². The number of aliphatic hydroxyl groups is 1. The van der Waals surface area contributed by atoms with Gasteiger partial charge in [-0.3, -0.25) is 4.79 Å². The largest absolute Gasteiger partial charge is 0.393 e. The number of amides is 1. The highest BCUT2D eigenvalue weighted by molar-refractivity contribution is 6.30. The average Bonchev–Trinajstić information content (AvgIpc) is 2.45. The second-order valence-corrected chi connectivity index (χ2v) is 5.74. The Morgan fingerprint density at radius 1 is 1.43 bits per heavy atom. The molecule has 1 amide bonds. The van der Waals surface area contributed by atoms with Crippen LogP contribution >= 0.6 is 11.6 Å². The lowest BCUT2D eigenvalue weighted by Gasteiger charge is -2.29. The summed E-state index contributed by atoms with van der Waals surface area (Å²) in [6, 6.07) is 4.02. The molecule has 0 atom stereocenters. The molecule has 1 aromatic carbocycles. The van der Waals surface area contributed by atoms with E-state index in [0.717, 1.165) is 45.0 Å². The standard InChI is InChI=1S/C15H20ClFN2O2/c16-11-2-3-13(14(17)10-11)15(21)18-6-1-7-19-8-4-12(20)5-9-19/h2-3,10,12,20H,1,4-9H2,(H,18,21). The first-order chi connectivity index (χ1) is 10.1. The fourth-order valence-electron chi connectivity index (χ4n) is 2.42. The van der Waals surface area contributed by atoms with Gasteiger partial charge in [0.25, 0.3) is 5.91 Å². The zero-order chi connectivity index (χ0) is 15.2. The molecule has 0 bridgehead atoms. The summed E-state index contributed by atoms with van der Waals surface area (Å²) in [5.41, 5.74) is 0.0143. The normalized spacial score (nSPS) is 16.9. The number of piperidine rings is 1. The van der Waals surface area contributed by atoms with Crippen molar-refractivity contribution in [2.45, 2.75) is 25.4 Å². The number of carbonyl (C=O) groups is 1. The molecule has 1 aromatic rings.